The van der Waals surface area contributed by atoms with Gasteiger partial charge in [0, 0.05) is 4.47 Å². The van der Waals surface area contributed by atoms with Gasteiger partial charge in [-0.1, -0.05) is 15.9 Å². The second-order valence-electron chi connectivity index (χ2n) is 3.17. The Morgan fingerprint density at radius 3 is 2.44 bits per heavy atom. The molecule has 0 aliphatic heterocycles. The molecule has 0 bridgehead atoms. The van der Waals surface area contributed by atoms with Gasteiger partial charge in [-0.05, 0) is 42.5 Å². The Labute approximate surface area is 100 Å². The average Bonchev–Trinajstić information content (AvgIpc) is 2.27. The fourth-order valence-corrected chi connectivity index (χ4v) is 1.54. The van der Waals surface area contributed by atoms with Gasteiger partial charge < -0.3 is 9.84 Å². The third kappa shape index (κ3) is 2.52. The quantitative estimate of drug-likeness (QED) is 0.899. The summed E-state index contributed by atoms with van der Waals surface area (Å²) < 4.78 is 18.8. The van der Waals surface area contributed by atoms with Crippen molar-refractivity contribution in [2.45, 2.75) is 0 Å². The van der Waals surface area contributed by atoms with Gasteiger partial charge >= 0.3 is 0 Å². The molecular formula is C12H8BrFO2. The van der Waals surface area contributed by atoms with Crippen LogP contribution in [0.1, 0.15) is 0 Å². The van der Waals surface area contributed by atoms with Crippen molar-refractivity contribution in [1.82, 2.24) is 0 Å². The molecule has 0 radical (unpaired) electrons. The molecule has 0 fully saturated rings. The maximum atomic E-state index is 12.7. The van der Waals surface area contributed by atoms with Gasteiger partial charge in [0.15, 0.2) is 11.5 Å². The molecule has 0 unspecified atom stereocenters. The van der Waals surface area contributed by atoms with E-state index < -0.39 is 0 Å². The summed E-state index contributed by atoms with van der Waals surface area (Å²) in [4.78, 5) is 0. The summed E-state index contributed by atoms with van der Waals surface area (Å²) in [5.41, 5.74) is 0. The van der Waals surface area contributed by atoms with E-state index in [4.69, 9.17) is 4.74 Å². The van der Waals surface area contributed by atoms with Crippen molar-refractivity contribution in [1.29, 1.82) is 0 Å². The topological polar surface area (TPSA) is 29.5 Å². The summed E-state index contributed by atoms with van der Waals surface area (Å²) in [5, 5.41) is 9.53. The molecule has 2 aromatic carbocycles. The van der Waals surface area contributed by atoms with E-state index in [1.54, 1.807) is 12.1 Å². The van der Waals surface area contributed by atoms with Crippen LogP contribution in [-0.2, 0) is 0 Å². The second kappa shape index (κ2) is 4.53. The largest absolute Gasteiger partial charge is 0.504 e. The lowest BCUT2D eigenvalue weighted by molar-refractivity contribution is 0.410. The molecular weight excluding hydrogens is 275 g/mol. The average molecular weight is 283 g/mol. The van der Waals surface area contributed by atoms with Gasteiger partial charge in [0.05, 0.1) is 0 Å². The Bertz CT molecular complexity index is 497. The van der Waals surface area contributed by atoms with E-state index in [1.807, 2.05) is 0 Å². The van der Waals surface area contributed by atoms with Crippen molar-refractivity contribution in [2.24, 2.45) is 0 Å². The van der Waals surface area contributed by atoms with Crippen LogP contribution >= 0.6 is 15.9 Å². The van der Waals surface area contributed by atoms with Gasteiger partial charge in [-0.25, -0.2) is 4.39 Å². The molecule has 2 rings (SSSR count). The summed E-state index contributed by atoms with van der Waals surface area (Å²) >= 11 is 3.27. The van der Waals surface area contributed by atoms with E-state index in [1.165, 1.54) is 30.3 Å². The number of ether oxygens (including phenoxy) is 1. The third-order valence-electron chi connectivity index (χ3n) is 1.96. The molecule has 0 saturated carbocycles. The minimum absolute atomic E-state index is 0.0347. The monoisotopic (exact) mass is 282 g/mol. The van der Waals surface area contributed by atoms with Gasteiger partial charge in [0.2, 0.25) is 0 Å². The van der Waals surface area contributed by atoms with Crippen molar-refractivity contribution in [2.75, 3.05) is 0 Å². The summed E-state index contributed by atoms with van der Waals surface area (Å²) in [5.74, 6) is 0.495. The smallest absolute Gasteiger partial charge is 0.170 e. The number of rotatable bonds is 2. The third-order valence-corrected chi connectivity index (χ3v) is 2.46. The van der Waals surface area contributed by atoms with Crippen LogP contribution in [0.2, 0.25) is 0 Å². The highest BCUT2D eigenvalue weighted by Gasteiger charge is 2.04. The lowest BCUT2D eigenvalue weighted by Crippen LogP contribution is -1.85. The summed E-state index contributed by atoms with van der Waals surface area (Å²) in [7, 11) is 0. The molecule has 0 atom stereocenters. The Morgan fingerprint density at radius 1 is 1.06 bits per heavy atom. The minimum atomic E-state index is -0.328. The highest BCUT2D eigenvalue weighted by Crippen LogP contribution is 2.32. The molecule has 4 heteroatoms. The first-order valence-corrected chi connectivity index (χ1v) is 5.36. The van der Waals surface area contributed by atoms with Crippen LogP contribution in [0.15, 0.2) is 46.9 Å². The summed E-state index contributed by atoms with van der Waals surface area (Å²) in [6.45, 7) is 0. The predicted octanol–water partition coefficient (Wildman–Crippen LogP) is 4.09. The molecule has 1 N–H and O–H groups in total. The van der Waals surface area contributed by atoms with E-state index in [2.05, 4.69) is 15.9 Å². The zero-order valence-corrected chi connectivity index (χ0v) is 9.74. The summed E-state index contributed by atoms with van der Waals surface area (Å²) in [6, 6.07) is 10.4. The molecule has 0 amide bonds. The lowest BCUT2D eigenvalue weighted by atomic mass is 10.3. The number of hydrogen-bond acceptors (Lipinski definition) is 2. The normalized spacial score (nSPS) is 10.1. The fourth-order valence-electron chi connectivity index (χ4n) is 1.20. The zero-order valence-electron chi connectivity index (χ0n) is 8.15. The highest BCUT2D eigenvalue weighted by molar-refractivity contribution is 9.10. The van der Waals surface area contributed by atoms with Crippen molar-refractivity contribution < 1.29 is 14.2 Å². The molecule has 2 nitrogen and oxygen atoms in total. The fraction of sp³-hybridized carbons (Fsp3) is 0. The number of phenolic OH excluding ortho intramolecular Hbond substituents is 1. The van der Waals surface area contributed by atoms with Crippen LogP contribution in [0.5, 0.6) is 17.2 Å². The molecule has 0 aliphatic carbocycles. The first-order valence-electron chi connectivity index (χ1n) is 4.57. The van der Waals surface area contributed by atoms with Gasteiger partial charge in [-0.15, -0.1) is 0 Å². The maximum absolute atomic E-state index is 12.7. The van der Waals surface area contributed by atoms with Gasteiger partial charge in [0.1, 0.15) is 11.6 Å². The van der Waals surface area contributed by atoms with E-state index in [0.717, 1.165) is 4.47 Å². The van der Waals surface area contributed by atoms with Crippen molar-refractivity contribution >= 4 is 15.9 Å². The van der Waals surface area contributed by atoms with Crippen LogP contribution in [0.4, 0.5) is 4.39 Å². The maximum Gasteiger partial charge on any atom is 0.170 e. The van der Waals surface area contributed by atoms with Crippen molar-refractivity contribution in [3.63, 3.8) is 0 Å². The molecule has 82 valence electrons. The first-order chi connectivity index (χ1) is 7.65. The SMILES string of the molecule is Oc1ccc(Br)cc1Oc1ccc(F)cc1. The highest BCUT2D eigenvalue weighted by atomic mass is 79.9. The molecule has 0 aliphatic rings. The molecule has 0 aromatic heterocycles. The number of benzene rings is 2. The lowest BCUT2D eigenvalue weighted by Gasteiger charge is -2.07. The Balaban J connectivity index is 2.26. The number of hydrogen-bond donors (Lipinski definition) is 1. The van der Waals surface area contributed by atoms with Gasteiger partial charge in [-0.3, -0.25) is 0 Å². The van der Waals surface area contributed by atoms with Crippen molar-refractivity contribution in [3.05, 3.63) is 52.8 Å². The van der Waals surface area contributed by atoms with Crippen molar-refractivity contribution in [3.8, 4) is 17.2 Å². The van der Waals surface area contributed by atoms with Crippen LogP contribution in [-0.4, -0.2) is 5.11 Å². The standard InChI is InChI=1S/C12H8BrFO2/c13-8-1-6-11(15)12(7-8)16-10-4-2-9(14)3-5-10/h1-7,15H. The van der Waals surface area contributed by atoms with E-state index in [0.29, 0.717) is 11.5 Å². The molecule has 0 heterocycles. The number of aromatic hydroxyl groups is 1. The Kier molecular flexibility index (Phi) is 3.10. The second-order valence-corrected chi connectivity index (χ2v) is 4.08. The number of halogens is 2. The zero-order chi connectivity index (χ0) is 11.5. The van der Waals surface area contributed by atoms with E-state index >= 15 is 0 Å². The van der Waals surface area contributed by atoms with Crippen LogP contribution < -0.4 is 4.74 Å². The van der Waals surface area contributed by atoms with E-state index in [9.17, 15) is 9.50 Å². The molecule has 0 saturated heterocycles. The molecule has 2 aromatic rings. The number of phenols is 1. The molecule has 16 heavy (non-hydrogen) atoms. The van der Waals surface area contributed by atoms with E-state index in [-0.39, 0.29) is 11.6 Å². The van der Waals surface area contributed by atoms with Crippen LogP contribution in [0.3, 0.4) is 0 Å². The minimum Gasteiger partial charge on any atom is -0.504 e. The van der Waals surface area contributed by atoms with Gasteiger partial charge in [0.25, 0.3) is 0 Å². The predicted molar refractivity (Wildman–Crippen MR) is 62.3 cm³/mol. The molecule has 0 spiro atoms. The van der Waals surface area contributed by atoms with Crippen LogP contribution in [0.25, 0.3) is 0 Å². The summed E-state index contributed by atoms with van der Waals surface area (Å²) in [6.07, 6.45) is 0. The van der Waals surface area contributed by atoms with Gasteiger partial charge in [-0.2, -0.15) is 0 Å². The Hall–Kier alpha value is -1.55. The van der Waals surface area contributed by atoms with Crippen LogP contribution in [0, 0.1) is 5.82 Å². The first kappa shape index (κ1) is 11.0. The Morgan fingerprint density at radius 2 is 1.75 bits per heavy atom.